The van der Waals surface area contributed by atoms with Crippen molar-refractivity contribution in [2.24, 2.45) is 0 Å². The number of benzene rings is 12. The minimum atomic E-state index is -0.833. The largest absolute Gasteiger partial charge is 1.00 e. The number of carbonyl (C=O) groups is 2. The van der Waals surface area contributed by atoms with Crippen LogP contribution >= 0.6 is 64.8 Å². The van der Waals surface area contributed by atoms with E-state index in [2.05, 4.69) is 285 Å². The number of aliphatic carboxylic acids is 1. The summed E-state index contributed by atoms with van der Waals surface area (Å²) in [6, 6.07) is 108. The Bertz CT molecular complexity index is 9400. The Morgan fingerprint density at radius 1 is 0.421 bits per heavy atom. The minimum Gasteiger partial charge on any atom is -0.497 e. The van der Waals surface area contributed by atoms with Gasteiger partial charge in [0, 0.05) is 131 Å². The Labute approximate surface area is 984 Å². The molecule has 4 N–H and O–H groups in total. The number of hydrogen-bond donors (Lipinski definition) is 4. The molecule has 0 bridgehead atoms. The molecule has 15 heterocycles. The van der Waals surface area contributed by atoms with Gasteiger partial charge in [-0.3, -0.25) is 51.7 Å². The van der Waals surface area contributed by atoms with E-state index in [1.54, 1.807) is 38.8 Å². The second-order valence-corrected chi connectivity index (χ2v) is 34.5. The zero-order valence-electron chi connectivity index (χ0n) is 78.1. The maximum Gasteiger partial charge on any atom is 1.00 e. The van der Waals surface area contributed by atoms with Crippen molar-refractivity contribution in [1.29, 1.82) is 1.43 Å². The summed E-state index contributed by atoms with van der Waals surface area (Å²) < 4.78 is 40.8. The normalized spacial score (nSPS) is 10.7. The number of halogens is 5. The average molecular weight is 2420 g/mol. The molecule has 145 heavy (non-hydrogen) atoms. The molecule has 15 aromatic heterocycles. The van der Waals surface area contributed by atoms with Crippen molar-refractivity contribution in [3.8, 4) is 40.3 Å². The van der Waals surface area contributed by atoms with E-state index in [0.717, 1.165) is 203 Å². The quantitative estimate of drug-likeness (QED) is 0.0361. The first-order valence-corrected chi connectivity index (χ1v) is 46.2. The summed E-state index contributed by atoms with van der Waals surface area (Å²) in [6.45, 7) is 3.19. The number of aromatic nitrogens is 16. The maximum atomic E-state index is 11.8. The number of carboxylic acids is 1. The topological polar surface area (TPSA) is 290 Å². The minimum absolute atomic E-state index is 0. The summed E-state index contributed by atoms with van der Waals surface area (Å²) in [7, 11) is 3.44. The second-order valence-electron chi connectivity index (χ2n) is 31.8. The molecule has 0 atom stereocenters. The van der Waals surface area contributed by atoms with Gasteiger partial charge in [0.05, 0.1) is 107 Å². The zero-order valence-corrected chi connectivity index (χ0v) is 96.2. The van der Waals surface area contributed by atoms with Gasteiger partial charge in [0.15, 0.2) is 5.43 Å². The fraction of sp³-hybridized carbons (Fsp3) is 0.0439. The summed E-state index contributed by atoms with van der Waals surface area (Å²) in [5.74, 6) is 4.25. The number of fused-ring (bicyclic) bond motifs is 31. The van der Waals surface area contributed by atoms with Gasteiger partial charge in [-0.05, 0) is 249 Å². The van der Waals surface area contributed by atoms with E-state index in [4.69, 9.17) is 40.6 Å². The van der Waals surface area contributed by atoms with Crippen LogP contribution in [0.5, 0.6) is 17.2 Å². The van der Waals surface area contributed by atoms with Crippen molar-refractivity contribution in [3.05, 3.63) is 420 Å². The molecule has 0 amide bonds. The Balaban J connectivity index is 0.000000141. The summed E-state index contributed by atoms with van der Waals surface area (Å²) >= 11 is 10.2. The Morgan fingerprint density at radius 3 is 1.35 bits per heavy atom. The number of rotatable bonds is 8. The number of aryl methyl sites for hydroxylation is 1. The van der Waals surface area contributed by atoms with Gasteiger partial charge in [0.1, 0.15) is 51.7 Å². The molecule has 0 aliphatic rings. The van der Waals surface area contributed by atoms with Crippen LogP contribution in [0.1, 0.15) is 27.3 Å². The number of pyridine rings is 9. The van der Waals surface area contributed by atoms with Gasteiger partial charge in [-0.2, -0.15) is 7.18 Å². The van der Waals surface area contributed by atoms with Crippen molar-refractivity contribution in [3.63, 3.8) is 0 Å². The number of para-hydroxylation sites is 10. The first kappa shape index (κ1) is 107. The van der Waals surface area contributed by atoms with Crippen molar-refractivity contribution >= 4 is 247 Å². The van der Waals surface area contributed by atoms with E-state index >= 15 is 0 Å². The number of nitrogens with zero attached hydrogens (tertiary/aromatic N) is 14. The Kier molecular flexibility index (Phi) is 36.3. The van der Waals surface area contributed by atoms with Gasteiger partial charge in [-0.15, -0.1) is 17.0 Å². The Morgan fingerprint density at radius 2 is 0.855 bits per heavy atom. The number of aromatic amines is 2. The van der Waals surface area contributed by atoms with Crippen molar-refractivity contribution in [1.82, 2.24) is 77.2 Å². The summed E-state index contributed by atoms with van der Waals surface area (Å²) in [5.41, 5.74) is 20.8. The van der Waals surface area contributed by atoms with Crippen LogP contribution in [0.2, 0.25) is 0 Å². The number of imidazole rings is 4. The molecule has 0 saturated carbocycles. The van der Waals surface area contributed by atoms with E-state index in [1.165, 1.54) is 32.8 Å². The molecule has 12 aromatic carbocycles. The first-order chi connectivity index (χ1) is 69.1. The van der Waals surface area contributed by atoms with Gasteiger partial charge in [0.2, 0.25) is 0 Å². The molecule has 0 fully saturated rings. The van der Waals surface area contributed by atoms with Crippen LogP contribution in [-0.2, 0) is 14.5 Å². The van der Waals surface area contributed by atoms with Crippen molar-refractivity contribution < 1.29 is 176 Å². The molecule has 31 heteroatoms. The van der Waals surface area contributed by atoms with E-state index in [-0.39, 0.29) is 182 Å². The monoisotopic (exact) mass is 2410 g/mol. The van der Waals surface area contributed by atoms with Gasteiger partial charge in [-0.1, -0.05) is 158 Å². The number of nitrogens with one attached hydrogen (secondary N) is 2. The predicted molar refractivity (Wildman–Crippen MR) is 590 cm³/mol. The third kappa shape index (κ3) is 22.6. The third-order valence-corrected chi connectivity index (χ3v) is 25.7. The number of methoxy groups -OCH3 is 1. The zero-order chi connectivity index (χ0) is 97.2. The molecular formula is C114H88Br4Cs2FN16O8+. The van der Waals surface area contributed by atoms with Crippen LogP contribution in [0.4, 0.5) is 4.39 Å². The average Bonchev–Trinajstić information content (AvgIpc) is 1.49. The second kappa shape index (κ2) is 49.4. The third-order valence-electron chi connectivity index (χ3n) is 23.4. The fourth-order valence-corrected chi connectivity index (χ4v) is 18.4. The predicted octanol–water partition coefficient (Wildman–Crippen LogP) is 23.6. The summed E-state index contributed by atoms with van der Waals surface area (Å²) in [4.78, 5) is 80.5. The fourth-order valence-electron chi connectivity index (χ4n) is 17.6. The molecule has 708 valence electrons. The van der Waals surface area contributed by atoms with E-state index in [9.17, 15) is 9.18 Å². The molecule has 0 spiro atoms. The molecule has 27 rings (SSSR count). The van der Waals surface area contributed by atoms with Gasteiger partial charge >= 0.3 is 144 Å². The maximum absolute atomic E-state index is 11.8. The molecule has 27 aromatic rings. The number of carbonyl (C=O) groups excluding carboxylic acids is 1. The summed E-state index contributed by atoms with van der Waals surface area (Å²) in [5, 5.41) is 25.0. The van der Waals surface area contributed by atoms with Crippen LogP contribution in [0, 0.1) is 14.1 Å². The molecular weight excluding hydrogens is 2330 g/mol. The van der Waals surface area contributed by atoms with Crippen LogP contribution < -0.4 is 153 Å². The molecule has 0 aliphatic carbocycles. The number of hydrogen-bond acceptors (Lipinski definition) is 16. The SMILES string of the molecule is Br.Brc1ccc2c3ccccc3n(-c3ccccn3)c2c1.Brc1ccncc1Br.C.C.CC(=O)O.COc1ccc2c3ccncc3n3c4ccccc4nc3c2c1.Cc1cccc(-c2nc3ccccc3[nH]2)c1.O=c1ccc2c3cc[nH]cc3n3c4ccccc4nc3c2c1.[2H]OOC=O.[CH2-]F.[Cs+].[Cs+].c1ccc(-n2c3ccccc3c3ccc(Oc4ccc5c6ccncc6n6c7ccccc7nc6c5c4)cc32)nc1. The van der Waals surface area contributed by atoms with Gasteiger partial charge in [0.25, 0.3) is 7.40 Å². The Hall–Kier alpha value is -12.7. The molecule has 0 aliphatic heterocycles. The van der Waals surface area contributed by atoms with Crippen molar-refractivity contribution in [2.75, 3.05) is 7.11 Å². The van der Waals surface area contributed by atoms with Crippen LogP contribution in [0.3, 0.4) is 0 Å². The first-order valence-electron chi connectivity index (χ1n) is 44.2. The van der Waals surface area contributed by atoms with Gasteiger partial charge < -0.3 is 33.8 Å². The van der Waals surface area contributed by atoms with Crippen molar-refractivity contribution in [2.45, 2.75) is 28.7 Å². The van der Waals surface area contributed by atoms with E-state index in [1.807, 2.05) is 201 Å². The molecule has 0 radical (unpaired) electrons. The summed E-state index contributed by atoms with van der Waals surface area (Å²) in [6.07, 6.45) is 18.5. The van der Waals surface area contributed by atoms with E-state index < -0.39 is 5.97 Å². The molecule has 24 nitrogen and oxygen atoms in total. The molecule has 0 unspecified atom stereocenters. The number of ether oxygens (including phenoxy) is 2. The van der Waals surface area contributed by atoms with Crippen LogP contribution in [-0.4, -0.2) is 107 Å². The van der Waals surface area contributed by atoms with Gasteiger partial charge in [-0.25, -0.2) is 35.2 Å². The van der Waals surface area contributed by atoms with Crippen LogP contribution in [0.15, 0.2) is 402 Å². The number of H-pyrrole nitrogens is 2. The molecule has 0 saturated heterocycles. The van der Waals surface area contributed by atoms with E-state index in [0.29, 0.717) is 0 Å². The number of carboxylic acid groups (broad SMARTS) is 1. The standard InChI is InChI=1S/C35H21N5O.C19H13N3O.C18H11N3O.C17H11BrN2.C14H12N2.C5H3Br2N.C2H4O2.CH2F.CH2O3.2CH4.BrH.2Cs/c1-3-9-30-25(7-1)26-15-13-23(20-32(26)39(30)34-11-5-6-17-37-34)41-22-12-14-24-27-16-18-36-21-33(27)40-31-10-4-2-8-29(31)38-35(40)28(24)19-22;1-23-12-6-7-13-14-8-9-20-11-18(14)22-17-5-3-2-4-16(17)21-19(22)15(13)10-12;22-11-5-6-12-13-7-8-19-10-17(13)21-16-4-2-1-3-15(16)20-18(21)14(12)9-11;18-12-8-9-14-13-5-1-2-6-15(13)20(16(14)11-12)17-7-3-4-10-19-17;1-10-5-4-6-11(9-10)14-15-12-7-2-3-8-13(12)16-14;6-4-1-2-8-3-5(4)7;1-2(3)4;1-2;2-1-4-3;;;;;/h1-21H;2-11H,1H3;1-10,19H;1-11H;2-9H,1H3,(H,15,16);1-3H;1H3,(H,3,4);1H2;1,3H;2*1H4;1H;;/q;;;;;;;-1;;;;;2*+1/i/hD. The smallest absolute Gasteiger partial charge is 0.497 e. The van der Waals surface area contributed by atoms with Crippen LogP contribution in [0.25, 0.3) is 194 Å².